The monoisotopic (exact) mass is 1030 g/mol. The Balaban J connectivity index is 1.57. The van der Waals surface area contributed by atoms with Crippen LogP contribution in [0.15, 0.2) is 82.5 Å². The lowest BCUT2D eigenvalue weighted by atomic mass is 9.96. The van der Waals surface area contributed by atoms with Gasteiger partial charge in [0.15, 0.2) is 33.0 Å². The van der Waals surface area contributed by atoms with E-state index in [4.69, 9.17) is 81.9 Å². The van der Waals surface area contributed by atoms with Crippen LogP contribution in [-0.4, -0.2) is 114 Å². The largest absolute Gasteiger partial charge is 0.463 e. The number of ether oxygens (including phenoxy) is 9. The van der Waals surface area contributed by atoms with Crippen molar-refractivity contribution in [2.75, 3.05) is 19.8 Å². The molecule has 5 rings (SSSR count). The standard InChI is InChI=1S/C45H58Cl3N3O16Si/c1-27(52)59-23-32-36(63-28(2)53)38(64-29(3)54)35(49-42(56)62-25-45(46,47)48)41(66-32)61-24-33-37(67-68(7,8)44(4,5)6)39(60-22-31-17-13-10-14-18-31)40(65-33)50-20-19-34(55)51(43(50)57)26-58-21-30-15-11-9-12-16-30/h9-20,32-33,35-41H,21-26H2,1-8H3,(H,49,56)/t32-,33-,35-,36-,37-,38-,39-,40-,41-/m1/s1. The average molecular weight is 1030 g/mol. The summed E-state index contributed by atoms with van der Waals surface area (Å²) in [6.07, 6.45) is -10.2. The molecule has 0 unspecified atom stereocenters. The summed E-state index contributed by atoms with van der Waals surface area (Å²) in [7, 11) is -2.76. The molecule has 1 aromatic heterocycles. The van der Waals surface area contributed by atoms with Crippen LogP contribution in [0.5, 0.6) is 0 Å². The minimum absolute atomic E-state index is 0.0539. The number of nitrogens with one attached hydrogen (secondary N) is 1. The molecule has 1 amide bonds. The topological polar surface area (TPSA) is 217 Å². The van der Waals surface area contributed by atoms with Crippen molar-refractivity contribution in [1.82, 2.24) is 14.5 Å². The molecule has 19 nitrogen and oxygen atoms in total. The first-order valence-electron chi connectivity index (χ1n) is 21.6. The number of rotatable bonds is 19. The molecule has 3 heterocycles. The Bertz CT molecular complexity index is 2290. The summed E-state index contributed by atoms with van der Waals surface area (Å²) in [6.45, 7) is 11.6. The van der Waals surface area contributed by atoms with Crippen LogP contribution in [-0.2, 0) is 81.4 Å². The third kappa shape index (κ3) is 15.3. The maximum absolute atomic E-state index is 14.4. The van der Waals surface area contributed by atoms with Gasteiger partial charge in [0.1, 0.15) is 50.4 Å². The molecule has 2 aliphatic heterocycles. The summed E-state index contributed by atoms with van der Waals surface area (Å²) in [4.78, 5) is 78.1. The van der Waals surface area contributed by atoms with E-state index in [0.29, 0.717) is 0 Å². The van der Waals surface area contributed by atoms with Crippen LogP contribution in [0.25, 0.3) is 0 Å². The van der Waals surface area contributed by atoms with Gasteiger partial charge < -0.3 is 52.4 Å². The molecule has 0 radical (unpaired) electrons. The Morgan fingerprint density at radius 2 is 1.31 bits per heavy atom. The highest BCUT2D eigenvalue weighted by Crippen LogP contribution is 2.43. The predicted octanol–water partition coefficient (Wildman–Crippen LogP) is 5.69. The molecule has 23 heteroatoms. The van der Waals surface area contributed by atoms with Gasteiger partial charge in [-0.3, -0.25) is 23.7 Å². The quantitative estimate of drug-likeness (QED) is 0.0660. The fourth-order valence-corrected chi connectivity index (χ4v) is 8.54. The van der Waals surface area contributed by atoms with Crippen LogP contribution >= 0.6 is 34.8 Å². The zero-order valence-electron chi connectivity index (χ0n) is 38.9. The molecular formula is C45H58Cl3N3O16Si. The number of carbonyl (C=O) groups is 4. The molecule has 1 N–H and O–H groups in total. The molecule has 2 saturated heterocycles. The minimum atomic E-state index is -2.76. The van der Waals surface area contributed by atoms with Gasteiger partial charge in [-0.05, 0) is 29.3 Å². The molecule has 2 aromatic carbocycles. The van der Waals surface area contributed by atoms with Crippen LogP contribution in [0.1, 0.15) is 58.9 Å². The molecule has 9 atom stereocenters. The van der Waals surface area contributed by atoms with Gasteiger partial charge in [-0.15, -0.1) is 0 Å². The molecule has 0 bridgehead atoms. The van der Waals surface area contributed by atoms with Crippen LogP contribution in [0.2, 0.25) is 18.1 Å². The smallest absolute Gasteiger partial charge is 0.407 e. The van der Waals surface area contributed by atoms with E-state index >= 15 is 0 Å². The number of esters is 3. The van der Waals surface area contributed by atoms with E-state index in [9.17, 15) is 28.8 Å². The molecule has 0 spiro atoms. The summed E-state index contributed by atoms with van der Waals surface area (Å²) >= 11 is 17.5. The van der Waals surface area contributed by atoms with Gasteiger partial charge in [-0.2, -0.15) is 0 Å². The first-order valence-corrected chi connectivity index (χ1v) is 25.7. The number of halogens is 3. The number of nitrogens with zero attached hydrogens (tertiary/aromatic N) is 2. The molecule has 3 aromatic rings. The summed E-state index contributed by atoms with van der Waals surface area (Å²) in [5.74, 6) is -2.41. The molecule has 2 fully saturated rings. The zero-order chi connectivity index (χ0) is 50.0. The Kier molecular flexibility index (Phi) is 19.2. The van der Waals surface area contributed by atoms with E-state index < -0.39 is 122 Å². The number of hydrogen-bond acceptors (Lipinski definition) is 16. The third-order valence-electron chi connectivity index (χ3n) is 11.3. The van der Waals surface area contributed by atoms with Crippen LogP contribution in [0.3, 0.4) is 0 Å². The van der Waals surface area contributed by atoms with Crippen molar-refractivity contribution in [2.24, 2.45) is 0 Å². The number of amides is 1. The lowest BCUT2D eigenvalue weighted by molar-refractivity contribution is -0.282. The molecule has 0 saturated carbocycles. The van der Waals surface area contributed by atoms with Gasteiger partial charge in [-0.1, -0.05) is 116 Å². The van der Waals surface area contributed by atoms with Crippen molar-refractivity contribution in [3.8, 4) is 0 Å². The Morgan fingerprint density at radius 1 is 0.721 bits per heavy atom. The SMILES string of the molecule is CC(=O)OC[C@H]1O[C@@H](OC[C@H]2O[C@@H](n3ccc(=O)n(COCc4ccccc4)c3=O)[C@H](OCc3ccccc3)[C@@H]2O[Si](C)(C)C(C)(C)C)[C@H](NC(=O)OCC(Cl)(Cl)Cl)[C@@H](OC(C)=O)[C@@H]1OC(C)=O. The van der Waals surface area contributed by atoms with Crippen LogP contribution in [0, 0.1) is 0 Å². The van der Waals surface area contributed by atoms with Crippen molar-refractivity contribution in [2.45, 2.75) is 139 Å². The second-order valence-electron chi connectivity index (χ2n) is 17.6. The first-order chi connectivity index (χ1) is 31.9. The van der Waals surface area contributed by atoms with Crippen LogP contribution < -0.4 is 16.6 Å². The summed E-state index contributed by atoms with van der Waals surface area (Å²) in [5.41, 5.74) is 0.244. The van der Waals surface area contributed by atoms with Gasteiger partial charge in [0.2, 0.25) is 3.79 Å². The number of benzene rings is 2. The maximum atomic E-state index is 14.4. The molecular weight excluding hydrogens is 973 g/mol. The lowest BCUT2D eigenvalue weighted by Gasteiger charge is -2.45. The number of aromatic nitrogens is 2. The second kappa shape index (κ2) is 24.0. The third-order valence-corrected chi connectivity index (χ3v) is 16.1. The van der Waals surface area contributed by atoms with E-state index in [1.807, 2.05) is 94.5 Å². The van der Waals surface area contributed by atoms with Gasteiger partial charge in [0.25, 0.3) is 5.56 Å². The van der Waals surface area contributed by atoms with Gasteiger partial charge in [0, 0.05) is 33.0 Å². The molecule has 2 aliphatic rings. The summed E-state index contributed by atoms with van der Waals surface area (Å²) in [6, 6.07) is 18.2. The fraction of sp³-hybridized carbons (Fsp3) is 0.556. The molecule has 68 heavy (non-hydrogen) atoms. The fourth-order valence-electron chi connectivity index (χ4n) is 7.06. The Hall–Kier alpha value is -4.35. The minimum Gasteiger partial charge on any atom is -0.463 e. The van der Waals surface area contributed by atoms with E-state index in [1.165, 1.54) is 16.8 Å². The second-order valence-corrected chi connectivity index (χ2v) is 24.9. The lowest BCUT2D eigenvalue weighted by Crippen LogP contribution is -2.67. The number of carbonyl (C=O) groups excluding carboxylic acids is 4. The first kappa shape index (κ1) is 54.6. The van der Waals surface area contributed by atoms with Crippen molar-refractivity contribution >= 4 is 67.1 Å². The Labute approximate surface area is 409 Å². The highest BCUT2D eigenvalue weighted by atomic mass is 35.6. The van der Waals surface area contributed by atoms with E-state index in [0.717, 1.165) is 36.5 Å². The number of alkyl halides is 3. The van der Waals surface area contributed by atoms with E-state index in [1.54, 1.807) is 0 Å². The zero-order valence-corrected chi connectivity index (χ0v) is 42.2. The maximum Gasteiger partial charge on any atom is 0.407 e. The van der Waals surface area contributed by atoms with Crippen molar-refractivity contribution < 1.29 is 66.2 Å². The highest BCUT2D eigenvalue weighted by Gasteiger charge is 2.55. The summed E-state index contributed by atoms with van der Waals surface area (Å²) in [5, 5.41) is 2.16. The van der Waals surface area contributed by atoms with E-state index in [-0.39, 0.29) is 25.0 Å². The van der Waals surface area contributed by atoms with Gasteiger partial charge in [-0.25, -0.2) is 14.2 Å². The summed E-state index contributed by atoms with van der Waals surface area (Å²) < 4.78 is 60.8. The predicted molar refractivity (Wildman–Crippen MR) is 248 cm³/mol. The normalized spacial score (nSPS) is 24.2. The van der Waals surface area contributed by atoms with Crippen molar-refractivity contribution in [1.29, 1.82) is 0 Å². The van der Waals surface area contributed by atoms with E-state index in [2.05, 4.69) is 5.32 Å². The van der Waals surface area contributed by atoms with Crippen molar-refractivity contribution in [3.05, 3.63) is 105 Å². The number of alkyl carbamates (subject to hydrolysis) is 1. The average Bonchev–Trinajstić information content (AvgIpc) is 3.58. The Morgan fingerprint density at radius 3 is 1.88 bits per heavy atom. The van der Waals surface area contributed by atoms with Crippen LogP contribution in [0.4, 0.5) is 4.79 Å². The van der Waals surface area contributed by atoms with Crippen molar-refractivity contribution in [3.63, 3.8) is 0 Å². The molecule has 0 aliphatic carbocycles. The number of hydrogen-bond donors (Lipinski definition) is 1. The van der Waals surface area contributed by atoms with Gasteiger partial charge in [0.05, 0.1) is 19.8 Å². The highest BCUT2D eigenvalue weighted by molar-refractivity contribution is 6.74. The molecule has 374 valence electrons. The van der Waals surface area contributed by atoms with Gasteiger partial charge >= 0.3 is 29.7 Å².